The molecule has 0 amide bonds. The molecule has 0 bridgehead atoms. The van der Waals surface area contributed by atoms with Crippen LogP contribution in [0.15, 0.2) is 17.5 Å². The summed E-state index contributed by atoms with van der Waals surface area (Å²) in [6, 6.07) is 4.78. The maximum Gasteiger partial charge on any atom is 0.0593 e. The van der Waals surface area contributed by atoms with Crippen LogP contribution in [0.25, 0.3) is 0 Å². The lowest BCUT2D eigenvalue weighted by molar-refractivity contribution is 0.141. The third-order valence-corrected chi connectivity index (χ3v) is 4.22. The molecule has 2 heterocycles. The predicted molar refractivity (Wildman–Crippen MR) is 72.6 cm³/mol. The average Bonchev–Trinajstić information content (AvgIpc) is 2.75. The Labute approximate surface area is 108 Å². The number of thiophene rings is 1. The molecule has 0 saturated carbocycles. The zero-order chi connectivity index (χ0) is 11.9. The first-order valence-corrected chi connectivity index (χ1v) is 7.31. The van der Waals surface area contributed by atoms with Gasteiger partial charge in [0, 0.05) is 43.7 Å². The molecule has 1 aromatic rings. The molecular formula is C13H22N2OS. The summed E-state index contributed by atoms with van der Waals surface area (Å²) in [6.07, 6.45) is 1.17. The van der Waals surface area contributed by atoms with Crippen LogP contribution >= 0.6 is 11.3 Å². The van der Waals surface area contributed by atoms with Crippen LogP contribution in [-0.2, 0) is 4.74 Å². The fourth-order valence-corrected chi connectivity index (χ4v) is 2.86. The smallest absolute Gasteiger partial charge is 0.0593 e. The largest absolute Gasteiger partial charge is 0.380 e. The van der Waals surface area contributed by atoms with Gasteiger partial charge in [-0.05, 0) is 24.8 Å². The Kier molecular flexibility index (Phi) is 5.45. The van der Waals surface area contributed by atoms with Crippen molar-refractivity contribution in [1.29, 1.82) is 0 Å². The topological polar surface area (TPSA) is 24.5 Å². The predicted octanol–water partition coefficient (Wildman–Crippen LogP) is 2.12. The number of nitrogens with zero attached hydrogens (tertiary/aromatic N) is 1. The first kappa shape index (κ1) is 13.0. The fourth-order valence-electron chi connectivity index (χ4n) is 2.10. The lowest BCUT2D eigenvalue weighted by Gasteiger charge is -2.20. The zero-order valence-corrected chi connectivity index (χ0v) is 11.3. The van der Waals surface area contributed by atoms with E-state index < -0.39 is 0 Å². The zero-order valence-electron chi connectivity index (χ0n) is 10.5. The number of ether oxygens (including phenoxy) is 1. The molecule has 96 valence electrons. The minimum Gasteiger partial charge on any atom is -0.380 e. The molecule has 1 saturated heterocycles. The van der Waals surface area contributed by atoms with E-state index in [1.54, 1.807) is 0 Å². The third-order valence-electron chi connectivity index (χ3n) is 3.16. The van der Waals surface area contributed by atoms with Crippen LogP contribution in [0.3, 0.4) is 0 Å². The van der Waals surface area contributed by atoms with Crippen molar-refractivity contribution in [2.24, 2.45) is 0 Å². The Bertz CT molecular complexity index is 294. The summed E-state index contributed by atoms with van der Waals surface area (Å²) in [5.74, 6) is 0. The van der Waals surface area contributed by atoms with Gasteiger partial charge >= 0.3 is 0 Å². The first-order chi connectivity index (χ1) is 8.36. The van der Waals surface area contributed by atoms with E-state index in [9.17, 15) is 0 Å². The van der Waals surface area contributed by atoms with Gasteiger partial charge in [-0.25, -0.2) is 0 Å². The number of rotatable bonds is 5. The second-order valence-corrected chi connectivity index (χ2v) is 5.48. The fraction of sp³-hybridized carbons (Fsp3) is 0.692. The van der Waals surface area contributed by atoms with Crippen molar-refractivity contribution in [1.82, 2.24) is 10.2 Å². The van der Waals surface area contributed by atoms with Gasteiger partial charge in [-0.3, -0.25) is 4.90 Å². The summed E-state index contributed by atoms with van der Waals surface area (Å²) in [4.78, 5) is 3.91. The minimum absolute atomic E-state index is 0.471. The van der Waals surface area contributed by atoms with Gasteiger partial charge in [0.2, 0.25) is 0 Å². The van der Waals surface area contributed by atoms with E-state index in [-0.39, 0.29) is 0 Å². The molecule has 1 aliphatic heterocycles. The monoisotopic (exact) mass is 254 g/mol. The number of hydrogen-bond donors (Lipinski definition) is 1. The van der Waals surface area contributed by atoms with E-state index in [1.807, 2.05) is 11.3 Å². The lowest BCUT2D eigenvalue weighted by Crippen LogP contribution is -2.34. The van der Waals surface area contributed by atoms with Gasteiger partial charge in [-0.2, -0.15) is 0 Å². The first-order valence-electron chi connectivity index (χ1n) is 6.43. The summed E-state index contributed by atoms with van der Waals surface area (Å²) in [6.45, 7) is 8.48. The molecule has 1 aromatic heterocycles. The molecule has 2 rings (SSSR count). The van der Waals surface area contributed by atoms with Gasteiger partial charge in [0.1, 0.15) is 0 Å². The molecule has 3 nitrogen and oxygen atoms in total. The van der Waals surface area contributed by atoms with E-state index >= 15 is 0 Å². The maximum atomic E-state index is 5.45. The van der Waals surface area contributed by atoms with Gasteiger partial charge in [-0.1, -0.05) is 6.07 Å². The Morgan fingerprint density at radius 2 is 2.41 bits per heavy atom. The standard InChI is InChI=1S/C13H22N2OS/c1-12(13-4-2-11-17-13)14-5-7-15-6-3-9-16-10-8-15/h2,4,11-12,14H,3,5-10H2,1H3. The molecule has 0 aromatic carbocycles. The Morgan fingerprint density at radius 3 is 3.24 bits per heavy atom. The maximum absolute atomic E-state index is 5.45. The number of hydrogen-bond acceptors (Lipinski definition) is 4. The van der Waals surface area contributed by atoms with Crippen LogP contribution in [0, 0.1) is 0 Å². The highest BCUT2D eigenvalue weighted by atomic mass is 32.1. The van der Waals surface area contributed by atoms with E-state index in [0.29, 0.717) is 6.04 Å². The highest BCUT2D eigenvalue weighted by Crippen LogP contribution is 2.17. The van der Waals surface area contributed by atoms with Crippen LogP contribution in [0.2, 0.25) is 0 Å². The highest BCUT2D eigenvalue weighted by molar-refractivity contribution is 7.10. The molecule has 1 fully saturated rings. The van der Waals surface area contributed by atoms with E-state index in [2.05, 4.69) is 34.7 Å². The Balaban J connectivity index is 1.65. The SMILES string of the molecule is CC(NCCN1CCCOCC1)c1cccs1. The van der Waals surface area contributed by atoms with Crippen molar-refractivity contribution in [3.05, 3.63) is 22.4 Å². The molecular weight excluding hydrogens is 232 g/mol. The molecule has 1 atom stereocenters. The van der Waals surface area contributed by atoms with Crippen molar-refractivity contribution in [2.75, 3.05) is 39.4 Å². The average molecular weight is 254 g/mol. The van der Waals surface area contributed by atoms with Crippen LogP contribution in [0.1, 0.15) is 24.3 Å². The van der Waals surface area contributed by atoms with Gasteiger partial charge in [0.25, 0.3) is 0 Å². The Morgan fingerprint density at radius 1 is 1.47 bits per heavy atom. The van der Waals surface area contributed by atoms with Gasteiger partial charge in [-0.15, -0.1) is 11.3 Å². The molecule has 17 heavy (non-hydrogen) atoms. The summed E-state index contributed by atoms with van der Waals surface area (Å²) in [7, 11) is 0. The van der Waals surface area contributed by atoms with Crippen LogP contribution < -0.4 is 5.32 Å². The molecule has 0 spiro atoms. The second-order valence-electron chi connectivity index (χ2n) is 4.50. The van der Waals surface area contributed by atoms with Crippen molar-refractivity contribution >= 4 is 11.3 Å². The van der Waals surface area contributed by atoms with Gasteiger partial charge in [0.05, 0.1) is 6.61 Å². The minimum atomic E-state index is 0.471. The highest BCUT2D eigenvalue weighted by Gasteiger charge is 2.10. The van der Waals surface area contributed by atoms with Crippen molar-refractivity contribution in [3.8, 4) is 0 Å². The van der Waals surface area contributed by atoms with Crippen LogP contribution in [0.5, 0.6) is 0 Å². The summed E-state index contributed by atoms with van der Waals surface area (Å²) < 4.78 is 5.45. The lowest BCUT2D eigenvalue weighted by atomic mass is 10.3. The summed E-state index contributed by atoms with van der Waals surface area (Å²) in [5.41, 5.74) is 0. The summed E-state index contributed by atoms with van der Waals surface area (Å²) >= 11 is 1.82. The molecule has 0 aliphatic carbocycles. The van der Waals surface area contributed by atoms with E-state index in [1.165, 1.54) is 17.8 Å². The summed E-state index contributed by atoms with van der Waals surface area (Å²) in [5, 5.41) is 5.72. The Hall–Kier alpha value is -0.420. The van der Waals surface area contributed by atoms with Crippen LogP contribution in [0.4, 0.5) is 0 Å². The van der Waals surface area contributed by atoms with Crippen LogP contribution in [-0.4, -0.2) is 44.3 Å². The normalized spacial score (nSPS) is 20.1. The van der Waals surface area contributed by atoms with E-state index in [0.717, 1.165) is 32.8 Å². The molecule has 1 aliphatic rings. The molecule has 1 N–H and O–H groups in total. The number of nitrogens with one attached hydrogen (secondary N) is 1. The molecule has 0 radical (unpaired) electrons. The quantitative estimate of drug-likeness (QED) is 0.871. The van der Waals surface area contributed by atoms with Crippen molar-refractivity contribution < 1.29 is 4.74 Å². The second kappa shape index (κ2) is 7.11. The van der Waals surface area contributed by atoms with Crippen molar-refractivity contribution in [3.63, 3.8) is 0 Å². The van der Waals surface area contributed by atoms with Crippen molar-refractivity contribution in [2.45, 2.75) is 19.4 Å². The van der Waals surface area contributed by atoms with Gasteiger partial charge < -0.3 is 10.1 Å². The molecule has 1 unspecified atom stereocenters. The molecule has 4 heteroatoms. The third kappa shape index (κ3) is 4.39. The van der Waals surface area contributed by atoms with Gasteiger partial charge in [0.15, 0.2) is 0 Å². The van der Waals surface area contributed by atoms with E-state index in [4.69, 9.17) is 4.74 Å².